The summed E-state index contributed by atoms with van der Waals surface area (Å²) in [4.78, 5) is 12.0. The van der Waals surface area contributed by atoms with Crippen molar-refractivity contribution in [3.05, 3.63) is 11.8 Å². The van der Waals surface area contributed by atoms with Crippen molar-refractivity contribution in [2.45, 2.75) is 38.5 Å². The molecule has 0 spiro atoms. The second kappa shape index (κ2) is 4.48. The lowest BCUT2D eigenvalue weighted by Gasteiger charge is -2.35. The molecule has 1 saturated carbocycles. The Morgan fingerprint density at radius 2 is 2.40 bits per heavy atom. The van der Waals surface area contributed by atoms with Gasteiger partial charge in [-0.2, -0.15) is 5.10 Å². The van der Waals surface area contributed by atoms with Gasteiger partial charge in [0.1, 0.15) is 11.4 Å². The van der Waals surface area contributed by atoms with Gasteiger partial charge in [-0.05, 0) is 32.1 Å². The fraction of sp³-hybridized carbons (Fsp3) is 0.714. The molecule has 1 aliphatic carbocycles. The van der Waals surface area contributed by atoms with Crippen molar-refractivity contribution in [3.8, 4) is 0 Å². The molecule has 0 radical (unpaired) electrons. The van der Waals surface area contributed by atoms with E-state index in [1.165, 1.54) is 12.8 Å². The molecule has 1 aromatic rings. The zero-order valence-electron chi connectivity index (χ0n) is 11.5. The van der Waals surface area contributed by atoms with Gasteiger partial charge in [0.2, 0.25) is 0 Å². The molecule has 2 aliphatic heterocycles. The maximum Gasteiger partial charge on any atom is 0.343 e. The number of carbonyl (C=O) groups is 1. The highest BCUT2D eigenvalue weighted by Gasteiger charge is 2.48. The van der Waals surface area contributed by atoms with Crippen LogP contribution in [0.4, 0.5) is 5.82 Å². The summed E-state index contributed by atoms with van der Waals surface area (Å²) >= 11 is 0. The number of hydrogen-bond donors (Lipinski definition) is 1. The first kappa shape index (κ1) is 12.2. The average molecular weight is 277 g/mol. The summed E-state index contributed by atoms with van der Waals surface area (Å²) in [5.41, 5.74) is 0.520. The molecule has 3 heterocycles. The molecule has 6 nitrogen and oxygen atoms in total. The van der Waals surface area contributed by atoms with Gasteiger partial charge in [-0.25, -0.2) is 9.48 Å². The summed E-state index contributed by atoms with van der Waals surface area (Å²) < 4.78 is 12.8. The standard InChI is InChI=1S/C14H19N3O3/c1-2-19-14(18)10-7-15-17-12(10)16-11(8-3-4-8)9-5-6-20-13(9)17/h7-9,11,13,16H,2-6H2,1H3. The molecule has 0 bridgehead atoms. The number of aromatic nitrogens is 2. The molecule has 1 saturated heterocycles. The molecule has 6 heteroatoms. The van der Waals surface area contributed by atoms with Crippen molar-refractivity contribution in [2.24, 2.45) is 11.8 Å². The van der Waals surface area contributed by atoms with Gasteiger partial charge in [0.05, 0.1) is 12.8 Å². The third kappa shape index (κ3) is 1.74. The van der Waals surface area contributed by atoms with E-state index in [-0.39, 0.29) is 12.2 Å². The van der Waals surface area contributed by atoms with Crippen LogP contribution >= 0.6 is 0 Å². The van der Waals surface area contributed by atoms with Crippen LogP contribution in [0.2, 0.25) is 0 Å². The normalized spacial score (nSPS) is 31.4. The number of carbonyl (C=O) groups excluding carboxylic acids is 1. The minimum absolute atomic E-state index is 0.0278. The van der Waals surface area contributed by atoms with Gasteiger partial charge < -0.3 is 14.8 Å². The Morgan fingerprint density at radius 3 is 3.15 bits per heavy atom. The summed E-state index contributed by atoms with van der Waals surface area (Å²) in [6.45, 7) is 2.96. The average Bonchev–Trinajstić information content (AvgIpc) is 3.01. The zero-order chi connectivity index (χ0) is 13.7. The van der Waals surface area contributed by atoms with E-state index in [9.17, 15) is 4.79 Å². The van der Waals surface area contributed by atoms with Crippen molar-refractivity contribution in [2.75, 3.05) is 18.5 Å². The zero-order valence-corrected chi connectivity index (χ0v) is 11.5. The number of ether oxygens (including phenoxy) is 2. The van der Waals surface area contributed by atoms with Crippen LogP contribution in [-0.2, 0) is 9.47 Å². The van der Waals surface area contributed by atoms with Gasteiger partial charge in [0.25, 0.3) is 0 Å². The second-order valence-corrected chi connectivity index (χ2v) is 5.79. The van der Waals surface area contributed by atoms with E-state index in [0.29, 0.717) is 30.0 Å². The van der Waals surface area contributed by atoms with E-state index in [1.54, 1.807) is 6.20 Å². The number of fused-ring (bicyclic) bond motifs is 3. The first-order valence-corrected chi connectivity index (χ1v) is 7.42. The smallest absolute Gasteiger partial charge is 0.343 e. The van der Waals surface area contributed by atoms with Gasteiger partial charge in [0, 0.05) is 18.6 Å². The SMILES string of the molecule is CCOC(=O)c1cnn2c1NC(C1CC1)C1CCOC12. The van der Waals surface area contributed by atoms with Crippen molar-refractivity contribution in [1.29, 1.82) is 0 Å². The largest absolute Gasteiger partial charge is 0.462 e. The molecule has 3 aliphatic rings. The Hall–Kier alpha value is -1.56. The third-order valence-corrected chi connectivity index (χ3v) is 4.53. The van der Waals surface area contributed by atoms with Crippen LogP contribution in [0.25, 0.3) is 0 Å². The van der Waals surface area contributed by atoms with Crippen molar-refractivity contribution < 1.29 is 14.3 Å². The molecule has 20 heavy (non-hydrogen) atoms. The van der Waals surface area contributed by atoms with Gasteiger partial charge in [-0.1, -0.05) is 0 Å². The van der Waals surface area contributed by atoms with E-state index < -0.39 is 0 Å². The quantitative estimate of drug-likeness (QED) is 0.853. The first-order chi connectivity index (χ1) is 9.79. The summed E-state index contributed by atoms with van der Waals surface area (Å²) in [5.74, 6) is 1.63. The minimum Gasteiger partial charge on any atom is -0.462 e. The van der Waals surface area contributed by atoms with Crippen LogP contribution in [0.3, 0.4) is 0 Å². The Kier molecular flexibility index (Phi) is 2.73. The van der Waals surface area contributed by atoms with Crippen LogP contribution in [0, 0.1) is 11.8 Å². The van der Waals surface area contributed by atoms with Crippen LogP contribution < -0.4 is 5.32 Å². The summed E-state index contributed by atoms with van der Waals surface area (Å²) in [6.07, 6.45) is 5.16. The van der Waals surface area contributed by atoms with Crippen LogP contribution in [-0.4, -0.2) is 35.0 Å². The highest BCUT2D eigenvalue weighted by atomic mass is 16.5. The summed E-state index contributed by atoms with van der Waals surface area (Å²) in [6, 6.07) is 0.403. The second-order valence-electron chi connectivity index (χ2n) is 5.79. The van der Waals surface area contributed by atoms with Gasteiger partial charge >= 0.3 is 5.97 Å². The fourth-order valence-electron chi connectivity index (χ4n) is 3.44. The van der Waals surface area contributed by atoms with Crippen LogP contribution in [0.5, 0.6) is 0 Å². The van der Waals surface area contributed by atoms with E-state index >= 15 is 0 Å². The van der Waals surface area contributed by atoms with Gasteiger partial charge in [-0.3, -0.25) is 0 Å². The highest BCUT2D eigenvalue weighted by Crippen LogP contribution is 2.48. The van der Waals surface area contributed by atoms with Gasteiger partial charge in [-0.15, -0.1) is 0 Å². The minimum atomic E-state index is -0.313. The molecular formula is C14H19N3O3. The van der Waals surface area contributed by atoms with E-state index in [0.717, 1.165) is 18.8 Å². The highest BCUT2D eigenvalue weighted by molar-refractivity contribution is 5.94. The molecule has 108 valence electrons. The molecule has 3 atom stereocenters. The van der Waals surface area contributed by atoms with Crippen LogP contribution in [0.15, 0.2) is 6.20 Å². The maximum absolute atomic E-state index is 12.0. The number of rotatable bonds is 3. The predicted molar refractivity (Wildman–Crippen MR) is 71.4 cm³/mol. The molecule has 1 N–H and O–H groups in total. The number of hydrogen-bond acceptors (Lipinski definition) is 5. The fourth-order valence-corrected chi connectivity index (χ4v) is 3.44. The molecule has 2 fully saturated rings. The van der Waals surface area contributed by atoms with Crippen molar-refractivity contribution >= 4 is 11.8 Å². The van der Waals surface area contributed by atoms with E-state index in [4.69, 9.17) is 9.47 Å². The number of nitrogens with zero attached hydrogens (tertiary/aromatic N) is 2. The monoisotopic (exact) mass is 277 g/mol. The Labute approximate surface area is 117 Å². The summed E-state index contributed by atoms with van der Waals surface area (Å²) in [7, 11) is 0. The number of nitrogens with one attached hydrogen (secondary N) is 1. The third-order valence-electron chi connectivity index (χ3n) is 4.53. The summed E-state index contributed by atoms with van der Waals surface area (Å²) in [5, 5.41) is 7.88. The van der Waals surface area contributed by atoms with Crippen molar-refractivity contribution in [1.82, 2.24) is 9.78 Å². The Balaban J connectivity index is 1.70. The van der Waals surface area contributed by atoms with E-state index in [1.807, 2.05) is 11.6 Å². The molecule has 3 unspecified atom stereocenters. The number of anilines is 1. The topological polar surface area (TPSA) is 65.4 Å². The number of esters is 1. The predicted octanol–water partition coefficient (Wildman–Crippen LogP) is 1.80. The van der Waals surface area contributed by atoms with Gasteiger partial charge in [0.15, 0.2) is 6.23 Å². The lowest BCUT2D eigenvalue weighted by Crippen LogP contribution is -2.41. The maximum atomic E-state index is 12.0. The van der Waals surface area contributed by atoms with Crippen molar-refractivity contribution in [3.63, 3.8) is 0 Å². The lowest BCUT2D eigenvalue weighted by molar-refractivity contribution is 0.0117. The molecule has 0 amide bonds. The Morgan fingerprint density at radius 1 is 1.55 bits per heavy atom. The molecule has 1 aromatic heterocycles. The lowest BCUT2D eigenvalue weighted by atomic mass is 9.91. The molecular weight excluding hydrogens is 258 g/mol. The Bertz CT molecular complexity index is 538. The molecule has 0 aromatic carbocycles. The van der Waals surface area contributed by atoms with Crippen LogP contribution in [0.1, 0.15) is 42.8 Å². The van der Waals surface area contributed by atoms with E-state index in [2.05, 4.69) is 10.4 Å². The first-order valence-electron chi connectivity index (χ1n) is 7.42. The molecule has 4 rings (SSSR count).